The maximum Gasteiger partial charge on any atom is 0.262 e. The second-order valence-electron chi connectivity index (χ2n) is 8.00. The number of rotatable bonds is 7. The lowest BCUT2D eigenvalue weighted by molar-refractivity contribution is -0.118. The fraction of sp³-hybridized carbons (Fsp3) is 0.435. The number of ether oxygens (including phenoxy) is 1. The summed E-state index contributed by atoms with van der Waals surface area (Å²) in [6, 6.07) is 12.1. The van der Waals surface area contributed by atoms with Crippen LogP contribution >= 0.6 is 0 Å². The Balaban J connectivity index is 1.58. The van der Waals surface area contributed by atoms with Gasteiger partial charge in [-0.15, -0.1) is 0 Å². The molecule has 0 saturated heterocycles. The Kier molecular flexibility index (Phi) is 7.15. The van der Waals surface area contributed by atoms with Crippen molar-refractivity contribution in [2.45, 2.75) is 56.9 Å². The molecule has 2 aromatic carbocycles. The van der Waals surface area contributed by atoms with Crippen LogP contribution < -0.4 is 10.1 Å². The SMILES string of the molecule is Cc1cc(C)cc(OCC(=O)Nc2ccc(S(=O)(=O)N(C)C3CCCCC3)cc2)c1. The van der Waals surface area contributed by atoms with E-state index in [2.05, 4.69) is 5.32 Å². The van der Waals surface area contributed by atoms with Crippen molar-refractivity contribution < 1.29 is 17.9 Å². The predicted octanol–water partition coefficient (Wildman–Crippen LogP) is 4.27. The van der Waals surface area contributed by atoms with Gasteiger partial charge in [-0.25, -0.2) is 8.42 Å². The van der Waals surface area contributed by atoms with E-state index in [1.807, 2.05) is 32.0 Å². The number of aryl methyl sites for hydroxylation is 2. The average Bonchev–Trinajstić information content (AvgIpc) is 2.72. The summed E-state index contributed by atoms with van der Waals surface area (Å²) in [6.45, 7) is 3.83. The summed E-state index contributed by atoms with van der Waals surface area (Å²) in [5, 5.41) is 2.74. The quantitative estimate of drug-likeness (QED) is 0.712. The molecule has 1 fully saturated rings. The van der Waals surface area contributed by atoms with Gasteiger partial charge in [0.25, 0.3) is 5.91 Å². The normalized spacial score (nSPS) is 15.2. The van der Waals surface area contributed by atoms with Gasteiger partial charge < -0.3 is 10.1 Å². The summed E-state index contributed by atoms with van der Waals surface area (Å²) in [7, 11) is -1.88. The third kappa shape index (κ3) is 5.61. The third-order valence-electron chi connectivity index (χ3n) is 5.47. The van der Waals surface area contributed by atoms with Gasteiger partial charge in [-0.3, -0.25) is 4.79 Å². The first-order chi connectivity index (χ1) is 14.3. The van der Waals surface area contributed by atoms with E-state index in [4.69, 9.17) is 4.74 Å². The van der Waals surface area contributed by atoms with Gasteiger partial charge >= 0.3 is 0 Å². The molecule has 0 unspecified atom stereocenters. The largest absolute Gasteiger partial charge is 0.484 e. The Bertz CT molecular complexity index is 961. The molecule has 0 heterocycles. The Labute approximate surface area is 179 Å². The van der Waals surface area contributed by atoms with Crippen LogP contribution in [-0.4, -0.2) is 38.3 Å². The molecule has 1 N–H and O–H groups in total. The second-order valence-corrected chi connectivity index (χ2v) is 10.00. The molecule has 3 rings (SSSR count). The maximum absolute atomic E-state index is 12.9. The maximum atomic E-state index is 12.9. The van der Waals surface area contributed by atoms with Gasteiger partial charge in [0, 0.05) is 18.8 Å². The molecular formula is C23H30N2O4S. The van der Waals surface area contributed by atoms with Crippen LogP contribution in [0, 0.1) is 13.8 Å². The summed E-state index contributed by atoms with van der Waals surface area (Å²) < 4.78 is 32.9. The predicted molar refractivity (Wildman–Crippen MR) is 118 cm³/mol. The van der Waals surface area contributed by atoms with E-state index in [-0.39, 0.29) is 23.5 Å². The topological polar surface area (TPSA) is 75.7 Å². The Morgan fingerprint density at radius 1 is 1.03 bits per heavy atom. The van der Waals surface area contributed by atoms with E-state index < -0.39 is 10.0 Å². The smallest absolute Gasteiger partial charge is 0.262 e. The molecule has 0 radical (unpaired) electrons. The molecule has 0 bridgehead atoms. The molecule has 2 aromatic rings. The number of hydrogen-bond acceptors (Lipinski definition) is 4. The fourth-order valence-corrected chi connectivity index (χ4v) is 5.30. The van der Waals surface area contributed by atoms with Crippen LogP contribution in [0.25, 0.3) is 0 Å². The van der Waals surface area contributed by atoms with Crippen molar-refractivity contribution in [3.63, 3.8) is 0 Å². The van der Waals surface area contributed by atoms with E-state index in [9.17, 15) is 13.2 Å². The summed E-state index contributed by atoms with van der Waals surface area (Å²) in [4.78, 5) is 12.4. The number of hydrogen-bond donors (Lipinski definition) is 1. The zero-order valence-corrected chi connectivity index (χ0v) is 18.7. The van der Waals surface area contributed by atoms with Gasteiger partial charge in [-0.05, 0) is 74.2 Å². The molecule has 0 atom stereocenters. The first kappa shape index (κ1) is 22.3. The number of anilines is 1. The van der Waals surface area contributed by atoms with Crippen LogP contribution in [0.2, 0.25) is 0 Å². The van der Waals surface area contributed by atoms with Gasteiger partial charge in [0.2, 0.25) is 10.0 Å². The number of nitrogens with zero attached hydrogens (tertiary/aromatic N) is 1. The van der Waals surface area contributed by atoms with Crippen LogP contribution in [0.1, 0.15) is 43.2 Å². The molecule has 1 aliphatic rings. The molecule has 1 saturated carbocycles. The van der Waals surface area contributed by atoms with Gasteiger partial charge in [0.05, 0.1) is 4.90 Å². The highest BCUT2D eigenvalue weighted by Gasteiger charge is 2.28. The molecule has 0 spiro atoms. The molecule has 162 valence electrons. The Morgan fingerprint density at radius 3 is 2.23 bits per heavy atom. The van der Waals surface area contributed by atoms with Crippen LogP contribution in [0.3, 0.4) is 0 Å². The Morgan fingerprint density at radius 2 is 1.63 bits per heavy atom. The molecule has 0 aliphatic heterocycles. The first-order valence-corrected chi connectivity index (χ1v) is 11.8. The highest BCUT2D eigenvalue weighted by atomic mass is 32.2. The number of nitrogens with one attached hydrogen (secondary N) is 1. The van der Waals surface area contributed by atoms with Crippen molar-refractivity contribution in [1.29, 1.82) is 0 Å². The average molecular weight is 431 g/mol. The molecule has 30 heavy (non-hydrogen) atoms. The minimum Gasteiger partial charge on any atom is -0.484 e. The van der Waals surface area contributed by atoms with Crippen molar-refractivity contribution in [2.24, 2.45) is 0 Å². The lowest BCUT2D eigenvalue weighted by atomic mass is 9.96. The highest BCUT2D eigenvalue weighted by molar-refractivity contribution is 7.89. The summed E-state index contributed by atoms with van der Waals surface area (Å²) >= 11 is 0. The third-order valence-corrected chi connectivity index (χ3v) is 7.39. The number of sulfonamides is 1. The summed E-state index contributed by atoms with van der Waals surface area (Å²) in [6.07, 6.45) is 5.13. The molecular weight excluding hydrogens is 400 g/mol. The highest BCUT2D eigenvalue weighted by Crippen LogP contribution is 2.27. The minimum atomic E-state index is -3.54. The molecule has 1 aliphatic carbocycles. The molecule has 6 nitrogen and oxygen atoms in total. The number of amides is 1. The van der Waals surface area contributed by atoms with Crippen molar-refractivity contribution >= 4 is 21.6 Å². The molecule has 7 heteroatoms. The van der Waals surface area contributed by atoms with Gasteiger partial charge in [0.15, 0.2) is 6.61 Å². The standard InChI is InChI=1S/C23H30N2O4S/c1-17-13-18(2)15-21(14-17)29-16-23(26)24-19-9-11-22(12-10-19)30(27,28)25(3)20-7-5-4-6-8-20/h9-15,20H,4-8,16H2,1-3H3,(H,24,26). The summed E-state index contributed by atoms with van der Waals surface area (Å²) in [5.74, 6) is 0.346. The van der Waals surface area contributed by atoms with Gasteiger partial charge in [0.1, 0.15) is 5.75 Å². The van der Waals surface area contributed by atoms with E-state index >= 15 is 0 Å². The van der Waals surface area contributed by atoms with Crippen molar-refractivity contribution in [2.75, 3.05) is 19.0 Å². The number of benzene rings is 2. The van der Waals surface area contributed by atoms with Crippen molar-refractivity contribution in [3.8, 4) is 5.75 Å². The van der Waals surface area contributed by atoms with Crippen LogP contribution in [0.15, 0.2) is 47.4 Å². The van der Waals surface area contributed by atoms with Crippen molar-refractivity contribution in [3.05, 3.63) is 53.6 Å². The lowest BCUT2D eigenvalue weighted by Gasteiger charge is -2.30. The number of carbonyl (C=O) groups excluding carboxylic acids is 1. The monoisotopic (exact) mass is 430 g/mol. The molecule has 1 amide bonds. The van der Waals surface area contributed by atoms with Crippen molar-refractivity contribution in [1.82, 2.24) is 4.31 Å². The zero-order valence-electron chi connectivity index (χ0n) is 17.8. The lowest BCUT2D eigenvalue weighted by Crippen LogP contribution is -2.38. The van der Waals surface area contributed by atoms with E-state index in [1.165, 1.54) is 22.9 Å². The second kappa shape index (κ2) is 9.62. The van der Waals surface area contributed by atoms with E-state index in [1.54, 1.807) is 19.2 Å². The van der Waals surface area contributed by atoms with E-state index in [0.29, 0.717) is 11.4 Å². The van der Waals surface area contributed by atoms with Gasteiger partial charge in [-0.2, -0.15) is 4.31 Å². The Hall–Kier alpha value is -2.38. The van der Waals surface area contributed by atoms with E-state index in [0.717, 1.165) is 36.8 Å². The first-order valence-electron chi connectivity index (χ1n) is 10.3. The van der Waals surface area contributed by atoms with Gasteiger partial charge in [-0.1, -0.05) is 25.3 Å². The van der Waals surface area contributed by atoms with Crippen LogP contribution in [0.4, 0.5) is 5.69 Å². The molecule has 0 aromatic heterocycles. The minimum absolute atomic E-state index is 0.0607. The van der Waals surface area contributed by atoms with Crippen LogP contribution in [0.5, 0.6) is 5.75 Å². The zero-order chi connectivity index (χ0) is 21.7. The fourth-order valence-electron chi connectivity index (χ4n) is 3.88. The summed E-state index contributed by atoms with van der Waals surface area (Å²) in [5.41, 5.74) is 2.67. The number of carbonyl (C=O) groups is 1. The van der Waals surface area contributed by atoms with Crippen LogP contribution in [-0.2, 0) is 14.8 Å².